The number of hydrogen-bond donors (Lipinski definition) is 3. The van der Waals surface area contributed by atoms with Gasteiger partial charge >= 0.3 is 0 Å². The molecule has 2 saturated heterocycles. The van der Waals surface area contributed by atoms with Gasteiger partial charge in [-0.15, -0.1) is 0 Å². The molecule has 3 heterocycles. The second-order valence-corrected chi connectivity index (χ2v) is 8.95. The van der Waals surface area contributed by atoms with Crippen molar-refractivity contribution in [3.8, 4) is 5.75 Å². The van der Waals surface area contributed by atoms with Crippen LogP contribution in [0.25, 0.3) is 10.9 Å². The van der Waals surface area contributed by atoms with E-state index in [9.17, 15) is 14.4 Å². The van der Waals surface area contributed by atoms with Crippen LogP contribution in [0.15, 0.2) is 29.3 Å². The number of benzene rings is 1. The average Bonchev–Trinajstić information content (AvgIpc) is 3.51. The summed E-state index contributed by atoms with van der Waals surface area (Å²) >= 11 is 0. The van der Waals surface area contributed by atoms with Gasteiger partial charge in [-0.05, 0) is 43.4 Å². The molecule has 9 nitrogen and oxygen atoms in total. The molecule has 176 valence electrons. The zero-order chi connectivity index (χ0) is 23.5. The summed E-state index contributed by atoms with van der Waals surface area (Å²) in [6.07, 6.45) is 3.49. The minimum Gasteiger partial charge on any atom is -0.496 e. The van der Waals surface area contributed by atoms with E-state index in [1.807, 2.05) is 25.1 Å². The van der Waals surface area contributed by atoms with Gasteiger partial charge in [0, 0.05) is 43.2 Å². The van der Waals surface area contributed by atoms with Gasteiger partial charge in [0.2, 0.25) is 11.8 Å². The summed E-state index contributed by atoms with van der Waals surface area (Å²) in [5.74, 6) is 0.319. The monoisotopic (exact) mass is 453 g/mol. The van der Waals surface area contributed by atoms with Crippen molar-refractivity contribution in [2.45, 2.75) is 38.3 Å². The summed E-state index contributed by atoms with van der Waals surface area (Å²) in [7, 11) is 3.24. The number of likely N-dealkylation sites (tertiary alicyclic amines) is 1. The van der Waals surface area contributed by atoms with Crippen LogP contribution < -0.4 is 15.4 Å². The Morgan fingerprint density at radius 2 is 2.21 bits per heavy atom. The SMILES string of the molecule is C/N=C\C(CC1CCNC1=O)NC(=O)C1CC(C)CN1C(=O)c1cc2c(OC)cccc2[nH]1. The standard InChI is InChI=1S/C24H31N5O4/c1-14-9-20(23(31)27-16(12-25-2)10-15-7-8-26-22(15)30)29(13-14)24(32)19-11-17-18(28-19)5-4-6-21(17)33-3/h4-6,11-12,14-16,20,28H,7-10,13H2,1-3H3,(H,26,30)(H,27,31)/b25-12-. The lowest BCUT2D eigenvalue weighted by Gasteiger charge is -2.26. The number of ether oxygens (including phenoxy) is 1. The molecule has 4 unspecified atom stereocenters. The highest BCUT2D eigenvalue weighted by Gasteiger charge is 2.39. The molecule has 1 aromatic heterocycles. The zero-order valence-corrected chi connectivity index (χ0v) is 19.3. The van der Waals surface area contributed by atoms with E-state index >= 15 is 0 Å². The van der Waals surface area contributed by atoms with E-state index in [0.717, 1.165) is 17.3 Å². The van der Waals surface area contributed by atoms with Gasteiger partial charge in [0.15, 0.2) is 0 Å². The molecule has 3 amide bonds. The van der Waals surface area contributed by atoms with Crippen molar-refractivity contribution < 1.29 is 19.1 Å². The van der Waals surface area contributed by atoms with E-state index in [1.54, 1.807) is 31.3 Å². The number of aromatic nitrogens is 1. The van der Waals surface area contributed by atoms with E-state index < -0.39 is 6.04 Å². The molecule has 1 aromatic carbocycles. The van der Waals surface area contributed by atoms with Crippen molar-refractivity contribution in [1.29, 1.82) is 0 Å². The summed E-state index contributed by atoms with van der Waals surface area (Å²) in [6, 6.07) is 6.44. The van der Waals surface area contributed by atoms with Crippen molar-refractivity contribution in [2.75, 3.05) is 27.2 Å². The minimum absolute atomic E-state index is 0.0132. The maximum absolute atomic E-state index is 13.4. The maximum atomic E-state index is 13.4. The molecule has 0 saturated carbocycles. The predicted octanol–water partition coefficient (Wildman–Crippen LogP) is 1.74. The predicted molar refractivity (Wildman–Crippen MR) is 126 cm³/mol. The Morgan fingerprint density at radius 3 is 2.91 bits per heavy atom. The van der Waals surface area contributed by atoms with Crippen LogP contribution in [0.5, 0.6) is 5.75 Å². The van der Waals surface area contributed by atoms with Crippen molar-refractivity contribution in [2.24, 2.45) is 16.8 Å². The first-order valence-electron chi connectivity index (χ1n) is 11.4. The Morgan fingerprint density at radius 1 is 1.39 bits per heavy atom. The fourth-order valence-corrected chi connectivity index (χ4v) is 4.89. The fraction of sp³-hybridized carbons (Fsp3) is 0.500. The Bertz CT molecular complexity index is 1080. The first-order valence-corrected chi connectivity index (χ1v) is 11.4. The van der Waals surface area contributed by atoms with Gasteiger partial charge in [-0.3, -0.25) is 19.4 Å². The number of rotatable bonds is 7. The number of carbonyl (C=O) groups excluding carboxylic acids is 3. The van der Waals surface area contributed by atoms with Crippen LogP contribution in [0.2, 0.25) is 0 Å². The second-order valence-electron chi connectivity index (χ2n) is 8.95. The molecule has 2 aromatic rings. The number of nitrogens with one attached hydrogen (secondary N) is 3. The summed E-state index contributed by atoms with van der Waals surface area (Å²) in [6.45, 7) is 3.20. The number of aromatic amines is 1. The lowest BCUT2D eigenvalue weighted by atomic mass is 9.98. The molecule has 2 fully saturated rings. The average molecular weight is 454 g/mol. The summed E-state index contributed by atoms with van der Waals surface area (Å²) < 4.78 is 5.40. The third-order valence-corrected chi connectivity index (χ3v) is 6.51. The van der Waals surface area contributed by atoms with E-state index in [0.29, 0.717) is 37.4 Å². The molecular formula is C24H31N5O4. The molecule has 33 heavy (non-hydrogen) atoms. The van der Waals surface area contributed by atoms with Crippen LogP contribution in [-0.4, -0.2) is 73.2 Å². The van der Waals surface area contributed by atoms with Gasteiger partial charge in [0.25, 0.3) is 5.91 Å². The number of amides is 3. The molecule has 2 aliphatic heterocycles. The summed E-state index contributed by atoms with van der Waals surface area (Å²) in [5, 5.41) is 6.67. The normalized spacial score (nSPS) is 23.8. The largest absolute Gasteiger partial charge is 0.496 e. The van der Waals surface area contributed by atoms with Crippen molar-refractivity contribution in [3.05, 3.63) is 30.0 Å². The number of methoxy groups -OCH3 is 1. The van der Waals surface area contributed by atoms with Crippen LogP contribution in [-0.2, 0) is 9.59 Å². The Labute approximate surface area is 193 Å². The molecule has 9 heteroatoms. The second kappa shape index (κ2) is 9.64. The third kappa shape index (κ3) is 4.72. The van der Waals surface area contributed by atoms with Crippen molar-refractivity contribution >= 4 is 34.8 Å². The van der Waals surface area contributed by atoms with Crippen LogP contribution in [0.3, 0.4) is 0 Å². The topological polar surface area (TPSA) is 116 Å². The summed E-state index contributed by atoms with van der Waals surface area (Å²) in [4.78, 5) is 47.5. The van der Waals surface area contributed by atoms with Gasteiger partial charge in [0.1, 0.15) is 17.5 Å². The number of carbonyl (C=O) groups is 3. The van der Waals surface area contributed by atoms with Gasteiger partial charge in [0.05, 0.1) is 13.2 Å². The number of H-pyrrole nitrogens is 1. The third-order valence-electron chi connectivity index (χ3n) is 6.51. The van der Waals surface area contributed by atoms with Crippen LogP contribution in [0.4, 0.5) is 0 Å². The molecular weight excluding hydrogens is 422 g/mol. The first-order chi connectivity index (χ1) is 15.9. The lowest BCUT2D eigenvalue weighted by Crippen LogP contribution is -2.50. The molecule has 0 aliphatic carbocycles. The van der Waals surface area contributed by atoms with Gasteiger partial charge in [-0.2, -0.15) is 0 Å². The molecule has 4 atom stereocenters. The van der Waals surface area contributed by atoms with E-state index in [2.05, 4.69) is 20.6 Å². The fourth-order valence-electron chi connectivity index (χ4n) is 4.89. The highest BCUT2D eigenvalue weighted by molar-refractivity contribution is 6.02. The molecule has 3 N–H and O–H groups in total. The Hall–Kier alpha value is -3.36. The first kappa shape index (κ1) is 22.8. The lowest BCUT2D eigenvalue weighted by molar-refractivity contribution is -0.126. The van der Waals surface area contributed by atoms with Crippen LogP contribution in [0, 0.1) is 11.8 Å². The molecule has 4 rings (SSSR count). The quantitative estimate of drug-likeness (QED) is 0.554. The molecule has 0 bridgehead atoms. The van der Waals surface area contributed by atoms with Gasteiger partial charge in [-0.1, -0.05) is 13.0 Å². The van der Waals surface area contributed by atoms with E-state index in [4.69, 9.17) is 4.74 Å². The molecule has 0 spiro atoms. The highest BCUT2D eigenvalue weighted by atomic mass is 16.5. The Balaban J connectivity index is 1.51. The number of nitrogens with zero attached hydrogens (tertiary/aromatic N) is 2. The number of hydrogen-bond acceptors (Lipinski definition) is 5. The molecule has 0 radical (unpaired) electrons. The Kier molecular flexibility index (Phi) is 6.67. The highest BCUT2D eigenvalue weighted by Crippen LogP contribution is 2.29. The number of aliphatic imine (C=N–C) groups is 1. The smallest absolute Gasteiger partial charge is 0.270 e. The van der Waals surface area contributed by atoms with Crippen molar-refractivity contribution in [1.82, 2.24) is 20.5 Å². The van der Waals surface area contributed by atoms with E-state index in [-0.39, 0.29) is 35.6 Å². The van der Waals surface area contributed by atoms with Gasteiger partial charge < -0.3 is 25.3 Å². The number of fused-ring (bicyclic) bond motifs is 1. The molecule has 2 aliphatic rings. The van der Waals surface area contributed by atoms with Crippen molar-refractivity contribution in [3.63, 3.8) is 0 Å². The van der Waals surface area contributed by atoms with Crippen LogP contribution in [0.1, 0.15) is 36.7 Å². The van der Waals surface area contributed by atoms with Gasteiger partial charge in [-0.25, -0.2) is 0 Å². The minimum atomic E-state index is -0.578. The van der Waals surface area contributed by atoms with Crippen LogP contribution >= 0.6 is 0 Å². The summed E-state index contributed by atoms with van der Waals surface area (Å²) in [5.41, 5.74) is 1.23. The van der Waals surface area contributed by atoms with E-state index in [1.165, 1.54) is 0 Å². The zero-order valence-electron chi connectivity index (χ0n) is 19.3. The maximum Gasteiger partial charge on any atom is 0.270 e.